The second kappa shape index (κ2) is 7.05. The lowest BCUT2D eigenvalue weighted by atomic mass is 10.1. The van der Waals surface area contributed by atoms with E-state index in [0.29, 0.717) is 16.3 Å². The predicted octanol–water partition coefficient (Wildman–Crippen LogP) is 5.20. The third-order valence-electron chi connectivity index (χ3n) is 3.50. The van der Waals surface area contributed by atoms with Crippen LogP contribution in [0.4, 0.5) is 18.9 Å². The molecule has 25 heavy (non-hydrogen) atoms. The first kappa shape index (κ1) is 18.3. The number of hydrazone groups is 1. The van der Waals surface area contributed by atoms with Crippen LogP contribution in [-0.4, -0.2) is 21.6 Å². The van der Waals surface area contributed by atoms with Gasteiger partial charge in [0.15, 0.2) is 14.6 Å². The molecule has 1 aromatic heterocycles. The Morgan fingerprint density at radius 2 is 2.00 bits per heavy atom. The molecule has 0 N–H and O–H groups in total. The highest BCUT2D eigenvalue weighted by Crippen LogP contribution is 2.38. The number of benzene rings is 1. The molecule has 132 valence electrons. The number of aromatic nitrogens is 2. The van der Waals surface area contributed by atoms with Crippen molar-refractivity contribution in [3.8, 4) is 0 Å². The molecule has 0 bridgehead atoms. The first-order chi connectivity index (χ1) is 11.7. The molecule has 0 aliphatic carbocycles. The molecule has 4 nitrogen and oxygen atoms in total. The minimum absolute atomic E-state index is 0.290. The fraction of sp³-hybridized carbons (Fsp3) is 0.267. The van der Waals surface area contributed by atoms with Gasteiger partial charge >= 0.3 is 6.18 Å². The number of halogens is 4. The van der Waals surface area contributed by atoms with Crippen molar-refractivity contribution in [1.82, 2.24) is 10.2 Å². The number of nitrogens with zero attached hydrogens (tertiary/aromatic N) is 4. The van der Waals surface area contributed by atoms with Crippen LogP contribution in [0.3, 0.4) is 0 Å². The second-order valence-electron chi connectivity index (χ2n) is 5.28. The number of anilines is 1. The van der Waals surface area contributed by atoms with Crippen LogP contribution in [0.15, 0.2) is 34.4 Å². The van der Waals surface area contributed by atoms with E-state index >= 15 is 0 Å². The van der Waals surface area contributed by atoms with Gasteiger partial charge in [-0.25, -0.2) is 0 Å². The Morgan fingerprint density at radius 1 is 1.24 bits per heavy atom. The molecule has 0 amide bonds. The summed E-state index contributed by atoms with van der Waals surface area (Å²) in [4.78, 5) is 0. The largest absolute Gasteiger partial charge is 0.416 e. The molecule has 1 aliphatic heterocycles. The number of hydrogen-bond acceptors (Lipinski definition) is 6. The lowest BCUT2D eigenvalue weighted by Crippen LogP contribution is -2.17. The summed E-state index contributed by atoms with van der Waals surface area (Å²) in [5.74, 6) is 0.514. The van der Waals surface area contributed by atoms with Gasteiger partial charge in [-0.15, -0.1) is 10.2 Å². The van der Waals surface area contributed by atoms with Crippen molar-refractivity contribution in [2.24, 2.45) is 5.10 Å². The van der Waals surface area contributed by atoms with E-state index < -0.39 is 11.7 Å². The van der Waals surface area contributed by atoms with E-state index in [2.05, 4.69) is 15.3 Å². The standard InChI is InChI=1S/C15H12ClF3N4S2/c1-8-5-10(15(17,18)19)4-3-9(8)7-24-14-22-23(2)11-6-12(16)20-21-13(11)25-14/h3-6H,7H2,1-2H3. The average Bonchev–Trinajstić information content (AvgIpc) is 2.53. The van der Waals surface area contributed by atoms with E-state index in [0.717, 1.165) is 21.7 Å². The molecule has 1 aromatic carbocycles. The van der Waals surface area contributed by atoms with Crippen molar-refractivity contribution in [2.45, 2.75) is 23.9 Å². The van der Waals surface area contributed by atoms with E-state index in [1.807, 2.05) is 0 Å². The fourth-order valence-corrected chi connectivity index (χ4v) is 4.44. The van der Waals surface area contributed by atoms with E-state index in [1.54, 1.807) is 25.0 Å². The molecular weight excluding hydrogens is 393 g/mol. The molecule has 2 aromatic rings. The predicted molar refractivity (Wildman–Crippen MR) is 96.2 cm³/mol. The van der Waals surface area contributed by atoms with Gasteiger partial charge in [-0.05, 0) is 41.9 Å². The van der Waals surface area contributed by atoms with Crippen LogP contribution in [0.25, 0.3) is 0 Å². The molecule has 0 atom stereocenters. The highest BCUT2D eigenvalue weighted by atomic mass is 35.5. The van der Waals surface area contributed by atoms with Gasteiger partial charge in [-0.3, -0.25) is 5.01 Å². The van der Waals surface area contributed by atoms with Gasteiger partial charge in [0.1, 0.15) is 0 Å². The van der Waals surface area contributed by atoms with Crippen molar-refractivity contribution in [3.63, 3.8) is 0 Å². The zero-order valence-corrected chi connectivity index (χ0v) is 15.5. The molecule has 0 saturated carbocycles. The topological polar surface area (TPSA) is 41.4 Å². The second-order valence-corrected chi connectivity index (χ2v) is 7.86. The van der Waals surface area contributed by atoms with Gasteiger partial charge in [0.2, 0.25) is 0 Å². The van der Waals surface area contributed by atoms with Crippen LogP contribution >= 0.6 is 35.1 Å². The quantitative estimate of drug-likeness (QED) is 0.687. The van der Waals surface area contributed by atoms with Gasteiger partial charge in [0.05, 0.1) is 11.3 Å². The molecule has 0 fully saturated rings. The molecular formula is C15H12ClF3N4S2. The highest BCUT2D eigenvalue weighted by Gasteiger charge is 2.30. The average molecular weight is 405 g/mol. The lowest BCUT2D eigenvalue weighted by molar-refractivity contribution is -0.137. The molecule has 3 rings (SSSR count). The van der Waals surface area contributed by atoms with Crippen LogP contribution in [0.2, 0.25) is 5.15 Å². The summed E-state index contributed by atoms with van der Waals surface area (Å²) < 4.78 is 38.9. The molecule has 1 aliphatic rings. The van der Waals surface area contributed by atoms with Crippen molar-refractivity contribution < 1.29 is 13.2 Å². The Hall–Kier alpha value is -1.45. The maximum Gasteiger partial charge on any atom is 0.416 e. The Bertz CT molecular complexity index is 842. The van der Waals surface area contributed by atoms with E-state index in [9.17, 15) is 13.2 Å². The molecule has 0 radical (unpaired) electrons. The Balaban J connectivity index is 1.72. The molecule has 2 heterocycles. The minimum atomic E-state index is -4.33. The number of thioether (sulfide) groups is 2. The SMILES string of the molecule is Cc1cc(C(F)(F)F)ccc1CSC1=NN(C)c2cc(Cl)nnc2S1. The maximum absolute atomic E-state index is 12.7. The monoisotopic (exact) mass is 404 g/mol. The Labute approximate surface area is 155 Å². The normalized spacial score (nSPS) is 14.3. The Morgan fingerprint density at radius 3 is 2.68 bits per heavy atom. The summed E-state index contributed by atoms with van der Waals surface area (Å²) >= 11 is 8.64. The van der Waals surface area contributed by atoms with Gasteiger partial charge in [0.25, 0.3) is 0 Å². The lowest BCUT2D eigenvalue weighted by Gasteiger charge is -2.22. The zero-order valence-electron chi connectivity index (χ0n) is 13.1. The van der Waals surface area contributed by atoms with E-state index in [4.69, 9.17) is 11.6 Å². The van der Waals surface area contributed by atoms with Crippen molar-refractivity contribution in [2.75, 3.05) is 12.1 Å². The summed E-state index contributed by atoms with van der Waals surface area (Å²) in [5.41, 5.74) is 1.56. The van der Waals surface area contributed by atoms with Gasteiger partial charge in [-0.1, -0.05) is 29.4 Å². The maximum atomic E-state index is 12.7. The number of hydrogen-bond donors (Lipinski definition) is 0. The summed E-state index contributed by atoms with van der Waals surface area (Å²) in [7, 11) is 1.78. The molecule has 0 spiro atoms. The highest BCUT2D eigenvalue weighted by molar-refractivity contribution is 8.38. The molecule has 10 heteroatoms. The van der Waals surface area contributed by atoms with Crippen LogP contribution in [0.5, 0.6) is 0 Å². The molecule has 0 unspecified atom stereocenters. The Kier molecular flexibility index (Phi) is 5.17. The third-order valence-corrected chi connectivity index (χ3v) is 5.81. The number of aryl methyl sites for hydroxylation is 1. The summed E-state index contributed by atoms with van der Waals surface area (Å²) in [6.07, 6.45) is -4.33. The van der Waals surface area contributed by atoms with Crippen LogP contribution in [0.1, 0.15) is 16.7 Å². The van der Waals surface area contributed by atoms with Crippen molar-refractivity contribution >= 4 is 45.2 Å². The minimum Gasteiger partial charge on any atom is -0.264 e. The summed E-state index contributed by atoms with van der Waals surface area (Å²) in [5, 5.41) is 14.9. The van der Waals surface area contributed by atoms with Gasteiger partial charge < -0.3 is 0 Å². The van der Waals surface area contributed by atoms with Crippen LogP contribution in [-0.2, 0) is 11.9 Å². The summed E-state index contributed by atoms with van der Waals surface area (Å²) in [6, 6.07) is 5.46. The smallest absolute Gasteiger partial charge is 0.264 e. The molecule has 0 saturated heterocycles. The first-order valence-electron chi connectivity index (χ1n) is 7.07. The number of rotatable bonds is 2. The first-order valence-corrected chi connectivity index (χ1v) is 9.25. The van der Waals surface area contributed by atoms with Crippen molar-refractivity contribution in [3.05, 3.63) is 46.1 Å². The van der Waals surface area contributed by atoms with Gasteiger partial charge in [0, 0.05) is 18.9 Å². The third kappa shape index (κ3) is 4.21. The number of fused-ring (bicyclic) bond motifs is 1. The summed E-state index contributed by atoms with van der Waals surface area (Å²) in [6.45, 7) is 1.68. The van der Waals surface area contributed by atoms with E-state index in [1.165, 1.54) is 35.7 Å². The van der Waals surface area contributed by atoms with Gasteiger partial charge in [-0.2, -0.15) is 18.3 Å². The van der Waals surface area contributed by atoms with Crippen LogP contribution in [0, 0.1) is 6.92 Å². The number of alkyl halides is 3. The van der Waals surface area contributed by atoms with Crippen molar-refractivity contribution in [1.29, 1.82) is 0 Å². The zero-order chi connectivity index (χ0) is 18.2. The van der Waals surface area contributed by atoms with Crippen LogP contribution < -0.4 is 5.01 Å². The van der Waals surface area contributed by atoms with E-state index in [-0.39, 0.29) is 5.15 Å². The fourth-order valence-electron chi connectivity index (χ4n) is 2.16.